The van der Waals surface area contributed by atoms with Gasteiger partial charge in [-0.25, -0.2) is 4.79 Å². The van der Waals surface area contributed by atoms with Crippen LogP contribution in [0.25, 0.3) is 11.1 Å². The lowest BCUT2D eigenvalue weighted by molar-refractivity contribution is 0.0474. The Morgan fingerprint density at radius 1 is 0.750 bits per heavy atom. The number of rotatable bonds is 5. The Bertz CT molecular complexity index is 993. The minimum Gasteiger partial charge on any atom is -0.486 e. The fourth-order valence-corrected chi connectivity index (χ4v) is 2.95. The summed E-state index contributed by atoms with van der Waals surface area (Å²) in [6, 6.07) is 22.0. The van der Waals surface area contributed by atoms with Crippen molar-refractivity contribution in [2.75, 3.05) is 19.8 Å². The highest BCUT2D eigenvalue weighted by Gasteiger charge is 2.17. The molecule has 0 spiro atoms. The molecule has 28 heavy (non-hydrogen) atoms. The zero-order valence-corrected chi connectivity index (χ0v) is 15.1. The van der Waals surface area contributed by atoms with Crippen LogP contribution in [0.3, 0.4) is 0 Å². The van der Waals surface area contributed by atoms with Crippen molar-refractivity contribution in [1.82, 2.24) is 0 Å². The van der Waals surface area contributed by atoms with E-state index in [1.54, 1.807) is 30.3 Å². The van der Waals surface area contributed by atoms with E-state index in [2.05, 4.69) is 0 Å². The molecule has 1 aliphatic rings. The Labute approximate surface area is 162 Å². The van der Waals surface area contributed by atoms with Gasteiger partial charge in [0.2, 0.25) is 0 Å². The topological polar surface area (TPSA) is 61.8 Å². The maximum Gasteiger partial charge on any atom is 0.338 e. The van der Waals surface area contributed by atoms with Crippen LogP contribution in [0, 0.1) is 0 Å². The van der Waals surface area contributed by atoms with Gasteiger partial charge in [0, 0.05) is 5.56 Å². The Balaban J connectivity index is 1.38. The third-order valence-corrected chi connectivity index (χ3v) is 4.43. The molecule has 0 aliphatic carbocycles. The van der Waals surface area contributed by atoms with Crippen molar-refractivity contribution in [2.24, 2.45) is 0 Å². The summed E-state index contributed by atoms with van der Waals surface area (Å²) in [7, 11) is 0. The second-order valence-electron chi connectivity index (χ2n) is 6.30. The molecule has 0 bridgehead atoms. The Morgan fingerprint density at radius 3 is 2.14 bits per heavy atom. The van der Waals surface area contributed by atoms with Gasteiger partial charge in [0.05, 0.1) is 5.56 Å². The summed E-state index contributed by atoms with van der Waals surface area (Å²) in [5.74, 6) is 0.262. The van der Waals surface area contributed by atoms with Crippen LogP contribution in [0.15, 0.2) is 72.8 Å². The lowest BCUT2D eigenvalue weighted by atomic mass is 10.0. The molecule has 0 atom stereocenters. The molecule has 5 nitrogen and oxygen atoms in total. The van der Waals surface area contributed by atoms with Crippen LogP contribution >= 0.6 is 0 Å². The summed E-state index contributed by atoms with van der Waals surface area (Å²) in [6.07, 6.45) is 0. The number of Topliss-reactive ketones (excluding diaryl/α,β-unsaturated/α-hetero) is 1. The second-order valence-corrected chi connectivity index (χ2v) is 6.30. The standard InChI is InChI=1S/C23H18O5/c24-20(18-8-6-17(7-9-18)16-4-2-1-3-5-16)15-28-23(25)19-10-11-21-22(14-19)27-13-12-26-21/h1-11,14H,12-13,15H2. The molecule has 0 aromatic heterocycles. The maximum atomic E-state index is 12.3. The van der Waals surface area contributed by atoms with Gasteiger partial charge in [0.15, 0.2) is 23.9 Å². The predicted molar refractivity (Wildman–Crippen MR) is 104 cm³/mol. The zero-order valence-electron chi connectivity index (χ0n) is 15.1. The second kappa shape index (κ2) is 7.96. The van der Waals surface area contributed by atoms with Crippen molar-refractivity contribution in [1.29, 1.82) is 0 Å². The van der Waals surface area contributed by atoms with E-state index >= 15 is 0 Å². The molecule has 5 heteroatoms. The molecule has 0 saturated carbocycles. The van der Waals surface area contributed by atoms with Gasteiger partial charge in [-0.1, -0.05) is 54.6 Å². The fourth-order valence-electron chi connectivity index (χ4n) is 2.95. The summed E-state index contributed by atoms with van der Waals surface area (Å²) in [6.45, 7) is 0.593. The average Bonchev–Trinajstić information content (AvgIpc) is 2.77. The van der Waals surface area contributed by atoms with Gasteiger partial charge in [-0.2, -0.15) is 0 Å². The van der Waals surface area contributed by atoms with Crippen LogP contribution in [0.5, 0.6) is 11.5 Å². The van der Waals surface area contributed by atoms with E-state index < -0.39 is 5.97 Å². The highest BCUT2D eigenvalue weighted by Crippen LogP contribution is 2.31. The van der Waals surface area contributed by atoms with Gasteiger partial charge in [-0.15, -0.1) is 0 Å². The largest absolute Gasteiger partial charge is 0.486 e. The summed E-state index contributed by atoms with van der Waals surface area (Å²) in [5.41, 5.74) is 2.91. The molecule has 0 fully saturated rings. The van der Waals surface area contributed by atoms with Crippen molar-refractivity contribution < 1.29 is 23.8 Å². The first-order valence-electron chi connectivity index (χ1n) is 8.96. The van der Waals surface area contributed by atoms with Gasteiger partial charge in [0.1, 0.15) is 13.2 Å². The van der Waals surface area contributed by atoms with E-state index in [0.717, 1.165) is 11.1 Å². The highest BCUT2D eigenvalue weighted by molar-refractivity contribution is 5.99. The minimum absolute atomic E-state index is 0.259. The minimum atomic E-state index is -0.578. The molecule has 3 aromatic carbocycles. The van der Waals surface area contributed by atoms with Crippen molar-refractivity contribution >= 4 is 11.8 Å². The molecule has 0 N–H and O–H groups in total. The van der Waals surface area contributed by atoms with E-state index in [9.17, 15) is 9.59 Å². The summed E-state index contributed by atoms with van der Waals surface area (Å²) < 4.78 is 16.0. The fraction of sp³-hybridized carbons (Fsp3) is 0.130. The summed E-state index contributed by atoms with van der Waals surface area (Å²) in [4.78, 5) is 24.6. The number of ketones is 1. The van der Waals surface area contributed by atoms with Crippen LogP contribution in [-0.4, -0.2) is 31.6 Å². The number of hydrogen-bond donors (Lipinski definition) is 0. The molecule has 0 unspecified atom stereocenters. The SMILES string of the molecule is O=C(COC(=O)c1ccc2c(c1)OCCO2)c1ccc(-c2ccccc2)cc1. The number of benzene rings is 3. The number of carbonyl (C=O) groups excluding carboxylic acids is 2. The van der Waals surface area contributed by atoms with Crippen molar-refractivity contribution in [3.63, 3.8) is 0 Å². The van der Waals surface area contributed by atoms with E-state index in [-0.39, 0.29) is 12.4 Å². The predicted octanol–water partition coefficient (Wildman–Crippen LogP) is 4.16. The van der Waals surface area contributed by atoms with Gasteiger partial charge in [-0.3, -0.25) is 4.79 Å². The van der Waals surface area contributed by atoms with Crippen LogP contribution in [0.2, 0.25) is 0 Å². The van der Waals surface area contributed by atoms with Crippen molar-refractivity contribution in [3.05, 3.63) is 83.9 Å². The van der Waals surface area contributed by atoms with Gasteiger partial charge >= 0.3 is 5.97 Å². The van der Waals surface area contributed by atoms with Gasteiger partial charge < -0.3 is 14.2 Å². The molecule has 0 radical (unpaired) electrons. The molecule has 1 aliphatic heterocycles. The molecule has 4 rings (SSSR count). The molecule has 0 amide bonds. The number of carbonyl (C=O) groups is 2. The number of hydrogen-bond acceptors (Lipinski definition) is 5. The third kappa shape index (κ3) is 3.88. The van der Waals surface area contributed by atoms with Crippen LogP contribution in [0.1, 0.15) is 20.7 Å². The normalized spacial score (nSPS) is 12.3. The molecular formula is C23H18O5. The van der Waals surface area contributed by atoms with Crippen molar-refractivity contribution in [2.45, 2.75) is 0 Å². The van der Waals surface area contributed by atoms with Crippen LogP contribution < -0.4 is 9.47 Å². The number of ether oxygens (including phenoxy) is 3. The zero-order chi connectivity index (χ0) is 19.3. The lowest BCUT2D eigenvalue weighted by Gasteiger charge is -2.18. The van der Waals surface area contributed by atoms with Crippen LogP contribution in [0.4, 0.5) is 0 Å². The monoisotopic (exact) mass is 374 g/mol. The maximum absolute atomic E-state index is 12.3. The van der Waals surface area contributed by atoms with Crippen molar-refractivity contribution in [3.8, 4) is 22.6 Å². The first-order valence-corrected chi connectivity index (χ1v) is 8.96. The first-order chi connectivity index (χ1) is 13.7. The molecular weight excluding hydrogens is 356 g/mol. The van der Waals surface area contributed by atoms with E-state index in [0.29, 0.717) is 35.8 Å². The Hall–Kier alpha value is -3.60. The molecule has 1 heterocycles. The number of esters is 1. The van der Waals surface area contributed by atoms with Crippen LogP contribution in [-0.2, 0) is 4.74 Å². The summed E-state index contributed by atoms with van der Waals surface area (Å²) in [5, 5.41) is 0. The molecule has 0 saturated heterocycles. The van der Waals surface area contributed by atoms with Gasteiger partial charge in [-0.05, 0) is 29.3 Å². The number of fused-ring (bicyclic) bond motifs is 1. The first kappa shape index (κ1) is 17.8. The van der Waals surface area contributed by atoms with Gasteiger partial charge in [0.25, 0.3) is 0 Å². The molecule has 3 aromatic rings. The molecule has 140 valence electrons. The Morgan fingerprint density at radius 2 is 1.39 bits per heavy atom. The van der Waals surface area contributed by atoms with E-state index in [1.807, 2.05) is 42.5 Å². The lowest BCUT2D eigenvalue weighted by Crippen LogP contribution is -2.17. The average molecular weight is 374 g/mol. The Kier molecular flexibility index (Phi) is 5.06. The van der Waals surface area contributed by atoms with E-state index in [1.165, 1.54) is 0 Å². The van der Waals surface area contributed by atoms with E-state index in [4.69, 9.17) is 14.2 Å². The summed E-state index contributed by atoms with van der Waals surface area (Å²) >= 11 is 0. The highest BCUT2D eigenvalue weighted by atomic mass is 16.6. The third-order valence-electron chi connectivity index (χ3n) is 4.43. The smallest absolute Gasteiger partial charge is 0.338 e. The quantitative estimate of drug-likeness (QED) is 0.496.